The second kappa shape index (κ2) is 4.50. The minimum Gasteiger partial charge on any atom is -0.296 e. The molecule has 1 unspecified atom stereocenters. The Bertz CT molecular complexity index is 373. The lowest BCUT2D eigenvalue weighted by Crippen LogP contribution is -2.20. The summed E-state index contributed by atoms with van der Waals surface area (Å²) in [7, 11) is 2.16. The van der Waals surface area contributed by atoms with Crippen LogP contribution in [0.5, 0.6) is 0 Å². The van der Waals surface area contributed by atoms with Crippen molar-refractivity contribution >= 4 is 0 Å². The summed E-state index contributed by atoms with van der Waals surface area (Å²) in [6.45, 7) is 7.63. The van der Waals surface area contributed by atoms with Crippen molar-refractivity contribution in [3.8, 4) is 0 Å². The minimum atomic E-state index is 0.430. The van der Waals surface area contributed by atoms with E-state index in [0.29, 0.717) is 12.0 Å². The number of likely N-dealkylation sites (tertiary alicyclic amines) is 1. The maximum atomic E-state index is 4.67. The van der Waals surface area contributed by atoms with Crippen LogP contribution >= 0.6 is 0 Å². The Morgan fingerprint density at radius 1 is 1.44 bits per heavy atom. The third-order valence-corrected chi connectivity index (χ3v) is 3.48. The van der Waals surface area contributed by atoms with Crippen molar-refractivity contribution in [2.45, 2.75) is 45.6 Å². The number of aromatic nitrogens is 2. The SMILES string of the molecule is Cc1nc(C2CCCN2C)ncc1C(C)C. The van der Waals surface area contributed by atoms with E-state index in [0.717, 1.165) is 11.5 Å². The quantitative estimate of drug-likeness (QED) is 0.765. The number of rotatable bonds is 2. The summed E-state index contributed by atoms with van der Waals surface area (Å²) in [5.41, 5.74) is 2.41. The minimum absolute atomic E-state index is 0.430. The topological polar surface area (TPSA) is 29.0 Å². The number of hydrogen-bond acceptors (Lipinski definition) is 3. The number of nitrogens with zero attached hydrogens (tertiary/aromatic N) is 3. The first-order chi connectivity index (χ1) is 7.59. The van der Waals surface area contributed by atoms with E-state index < -0.39 is 0 Å². The zero-order valence-electron chi connectivity index (χ0n) is 10.7. The van der Waals surface area contributed by atoms with Crippen LogP contribution in [0.25, 0.3) is 0 Å². The van der Waals surface area contributed by atoms with Gasteiger partial charge >= 0.3 is 0 Å². The van der Waals surface area contributed by atoms with Gasteiger partial charge in [0, 0.05) is 11.9 Å². The molecule has 2 rings (SSSR count). The summed E-state index contributed by atoms with van der Waals surface area (Å²) in [5, 5.41) is 0. The number of aryl methyl sites for hydroxylation is 1. The van der Waals surface area contributed by atoms with E-state index in [1.54, 1.807) is 0 Å². The van der Waals surface area contributed by atoms with Gasteiger partial charge in [-0.2, -0.15) is 0 Å². The lowest BCUT2D eigenvalue weighted by Gasteiger charge is -2.19. The molecule has 3 heteroatoms. The highest BCUT2D eigenvalue weighted by Gasteiger charge is 2.25. The van der Waals surface area contributed by atoms with Crippen LogP contribution in [0.3, 0.4) is 0 Å². The molecular formula is C13H21N3. The molecule has 0 saturated carbocycles. The van der Waals surface area contributed by atoms with Crippen LogP contribution in [0, 0.1) is 6.92 Å². The summed E-state index contributed by atoms with van der Waals surface area (Å²) < 4.78 is 0. The highest BCUT2D eigenvalue weighted by Crippen LogP contribution is 2.28. The highest BCUT2D eigenvalue weighted by atomic mass is 15.2. The Morgan fingerprint density at radius 2 is 2.19 bits per heavy atom. The Hall–Kier alpha value is -0.960. The van der Waals surface area contributed by atoms with Gasteiger partial charge in [-0.25, -0.2) is 9.97 Å². The summed E-state index contributed by atoms with van der Waals surface area (Å²) in [5.74, 6) is 1.51. The number of hydrogen-bond donors (Lipinski definition) is 0. The Morgan fingerprint density at radius 3 is 2.69 bits per heavy atom. The molecule has 1 aliphatic heterocycles. The molecule has 1 aromatic heterocycles. The molecule has 0 radical (unpaired) electrons. The van der Waals surface area contributed by atoms with Crippen molar-refractivity contribution in [3.63, 3.8) is 0 Å². The molecule has 1 fully saturated rings. The van der Waals surface area contributed by atoms with Crippen molar-refractivity contribution in [1.82, 2.24) is 14.9 Å². The van der Waals surface area contributed by atoms with Gasteiger partial charge in [0.25, 0.3) is 0 Å². The Balaban J connectivity index is 2.27. The summed E-state index contributed by atoms with van der Waals surface area (Å²) in [6, 6.07) is 0.430. The first-order valence-electron chi connectivity index (χ1n) is 6.13. The van der Waals surface area contributed by atoms with E-state index in [4.69, 9.17) is 0 Å². The molecule has 1 aromatic rings. The van der Waals surface area contributed by atoms with Crippen molar-refractivity contribution < 1.29 is 0 Å². The molecule has 0 N–H and O–H groups in total. The molecule has 0 spiro atoms. The van der Waals surface area contributed by atoms with E-state index in [1.165, 1.54) is 24.9 Å². The average molecular weight is 219 g/mol. The first kappa shape index (κ1) is 11.5. The summed E-state index contributed by atoms with van der Waals surface area (Å²) >= 11 is 0. The van der Waals surface area contributed by atoms with E-state index in [2.05, 4.69) is 42.7 Å². The molecule has 16 heavy (non-hydrogen) atoms. The van der Waals surface area contributed by atoms with Crippen LogP contribution in [-0.2, 0) is 0 Å². The zero-order valence-corrected chi connectivity index (χ0v) is 10.7. The molecule has 0 amide bonds. The van der Waals surface area contributed by atoms with Crippen LogP contribution in [0.2, 0.25) is 0 Å². The standard InChI is InChI=1S/C13H21N3/c1-9(2)11-8-14-13(15-10(11)3)12-6-5-7-16(12)4/h8-9,12H,5-7H2,1-4H3. The smallest absolute Gasteiger partial charge is 0.145 e. The van der Waals surface area contributed by atoms with Gasteiger partial charge in [-0.3, -0.25) is 4.90 Å². The molecular weight excluding hydrogens is 198 g/mol. The van der Waals surface area contributed by atoms with Crippen LogP contribution < -0.4 is 0 Å². The molecule has 1 aliphatic rings. The third-order valence-electron chi connectivity index (χ3n) is 3.48. The summed E-state index contributed by atoms with van der Waals surface area (Å²) in [4.78, 5) is 11.6. The zero-order chi connectivity index (χ0) is 11.7. The van der Waals surface area contributed by atoms with E-state index in [-0.39, 0.29) is 0 Å². The highest BCUT2D eigenvalue weighted by molar-refractivity contribution is 5.20. The fourth-order valence-corrected chi connectivity index (χ4v) is 2.46. The maximum absolute atomic E-state index is 4.67. The monoisotopic (exact) mass is 219 g/mol. The molecule has 2 heterocycles. The van der Waals surface area contributed by atoms with Gasteiger partial charge in [-0.1, -0.05) is 13.8 Å². The fraction of sp³-hybridized carbons (Fsp3) is 0.692. The predicted molar refractivity (Wildman–Crippen MR) is 65.5 cm³/mol. The Kier molecular flexibility index (Phi) is 3.24. The van der Waals surface area contributed by atoms with Crippen molar-refractivity contribution in [2.24, 2.45) is 0 Å². The van der Waals surface area contributed by atoms with Gasteiger partial charge in [0.1, 0.15) is 5.82 Å². The summed E-state index contributed by atoms with van der Waals surface area (Å²) in [6.07, 6.45) is 4.46. The molecule has 1 saturated heterocycles. The van der Waals surface area contributed by atoms with Gasteiger partial charge in [0.05, 0.1) is 6.04 Å². The van der Waals surface area contributed by atoms with Crippen LogP contribution in [-0.4, -0.2) is 28.5 Å². The predicted octanol–water partition coefficient (Wildman–Crippen LogP) is 2.68. The van der Waals surface area contributed by atoms with Gasteiger partial charge in [0.15, 0.2) is 0 Å². The normalized spacial score (nSPS) is 21.9. The van der Waals surface area contributed by atoms with Crippen LogP contribution in [0.4, 0.5) is 0 Å². The van der Waals surface area contributed by atoms with Gasteiger partial charge in [0.2, 0.25) is 0 Å². The maximum Gasteiger partial charge on any atom is 0.145 e. The molecule has 0 aromatic carbocycles. The van der Waals surface area contributed by atoms with Crippen LogP contribution in [0.15, 0.2) is 6.20 Å². The lowest BCUT2D eigenvalue weighted by atomic mass is 10.0. The molecule has 1 atom stereocenters. The van der Waals surface area contributed by atoms with Gasteiger partial charge in [-0.05, 0) is 44.8 Å². The third kappa shape index (κ3) is 2.09. The van der Waals surface area contributed by atoms with Crippen molar-refractivity contribution in [2.75, 3.05) is 13.6 Å². The van der Waals surface area contributed by atoms with E-state index in [9.17, 15) is 0 Å². The van der Waals surface area contributed by atoms with Crippen molar-refractivity contribution in [1.29, 1.82) is 0 Å². The average Bonchev–Trinajstić information content (AvgIpc) is 2.63. The molecule has 3 nitrogen and oxygen atoms in total. The first-order valence-corrected chi connectivity index (χ1v) is 6.13. The van der Waals surface area contributed by atoms with Gasteiger partial charge < -0.3 is 0 Å². The van der Waals surface area contributed by atoms with Gasteiger partial charge in [-0.15, -0.1) is 0 Å². The lowest BCUT2D eigenvalue weighted by molar-refractivity contribution is 0.305. The second-order valence-corrected chi connectivity index (χ2v) is 5.06. The molecule has 0 aliphatic carbocycles. The van der Waals surface area contributed by atoms with E-state index in [1.807, 2.05) is 6.20 Å². The van der Waals surface area contributed by atoms with Crippen molar-refractivity contribution in [3.05, 3.63) is 23.3 Å². The largest absolute Gasteiger partial charge is 0.296 e. The van der Waals surface area contributed by atoms with Crippen LogP contribution in [0.1, 0.15) is 55.7 Å². The Labute approximate surface area is 97.9 Å². The molecule has 0 bridgehead atoms. The molecule has 88 valence electrons. The second-order valence-electron chi connectivity index (χ2n) is 5.06. The van der Waals surface area contributed by atoms with E-state index >= 15 is 0 Å². The fourth-order valence-electron chi connectivity index (χ4n) is 2.46.